The van der Waals surface area contributed by atoms with Crippen molar-refractivity contribution in [1.82, 2.24) is 0 Å². The average Bonchev–Trinajstić information content (AvgIpc) is 3.35. The van der Waals surface area contributed by atoms with E-state index in [-0.39, 0.29) is 12.4 Å². The SMILES string of the molecule is CCOc1cccc(C2N(c3ccc(C)cc3)N=C(C(C)=O)N2c2ccc(Cl)cc2)c1OCc1ccccc1Cl. The molecule has 0 saturated heterocycles. The topological polar surface area (TPSA) is 54.4 Å². The van der Waals surface area contributed by atoms with Gasteiger partial charge in [-0.2, -0.15) is 0 Å². The van der Waals surface area contributed by atoms with Crippen LogP contribution in [-0.2, 0) is 11.4 Å². The number of Topliss-reactive ketones (excluding diaryl/α,β-unsaturated/α-hetero) is 1. The number of aryl methyl sites for hydroxylation is 1. The Hall–Kier alpha value is -4.00. The number of nitrogens with zero attached hydrogens (tertiary/aromatic N) is 3. The maximum Gasteiger partial charge on any atom is 0.198 e. The third-order valence-electron chi connectivity index (χ3n) is 6.54. The predicted molar refractivity (Wildman–Crippen MR) is 162 cm³/mol. The maximum atomic E-state index is 13.0. The fourth-order valence-electron chi connectivity index (χ4n) is 4.63. The Balaban J connectivity index is 1.69. The van der Waals surface area contributed by atoms with Crippen LogP contribution in [0.5, 0.6) is 11.5 Å². The molecule has 1 heterocycles. The minimum Gasteiger partial charge on any atom is -0.490 e. The number of anilines is 2. The highest BCUT2D eigenvalue weighted by Crippen LogP contribution is 2.45. The van der Waals surface area contributed by atoms with E-state index in [1.165, 1.54) is 6.92 Å². The van der Waals surface area contributed by atoms with E-state index in [0.717, 1.165) is 28.1 Å². The number of para-hydroxylation sites is 1. The zero-order chi connectivity index (χ0) is 28.2. The number of rotatable bonds is 9. The number of benzene rings is 4. The number of ether oxygens (including phenoxy) is 2. The van der Waals surface area contributed by atoms with Gasteiger partial charge in [0, 0.05) is 33.8 Å². The molecule has 4 aromatic rings. The highest BCUT2D eigenvalue weighted by atomic mass is 35.5. The highest BCUT2D eigenvalue weighted by Gasteiger charge is 2.41. The summed E-state index contributed by atoms with van der Waals surface area (Å²) in [4.78, 5) is 14.9. The number of carbonyl (C=O) groups excluding carboxylic acids is 1. The van der Waals surface area contributed by atoms with Gasteiger partial charge in [-0.3, -0.25) is 9.69 Å². The van der Waals surface area contributed by atoms with Crippen LogP contribution in [0.4, 0.5) is 11.4 Å². The molecule has 6 nitrogen and oxygen atoms in total. The molecule has 0 N–H and O–H groups in total. The van der Waals surface area contributed by atoms with Gasteiger partial charge in [-0.15, -0.1) is 5.10 Å². The summed E-state index contributed by atoms with van der Waals surface area (Å²) in [5.41, 5.74) is 4.32. The Morgan fingerprint density at radius 1 is 0.875 bits per heavy atom. The third kappa shape index (κ3) is 5.64. The van der Waals surface area contributed by atoms with Crippen LogP contribution in [0.2, 0.25) is 10.0 Å². The molecule has 1 aliphatic rings. The first-order valence-corrected chi connectivity index (χ1v) is 13.7. The Morgan fingerprint density at radius 3 is 2.25 bits per heavy atom. The summed E-state index contributed by atoms with van der Waals surface area (Å²) in [5, 5.41) is 7.91. The van der Waals surface area contributed by atoms with Crippen molar-refractivity contribution in [2.45, 2.75) is 33.5 Å². The normalized spacial score (nSPS) is 14.7. The number of carbonyl (C=O) groups is 1. The van der Waals surface area contributed by atoms with Crippen molar-refractivity contribution < 1.29 is 14.3 Å². The average molecular weight is 575 g/mol. The minimum absolute atomic E-state index is 0.172. The molecular formula is C32H29Cl2N3O3. The molecule has 0 spiro atoms. The van der Waals surface area contributed by atoms with Crippen LogP contribution in [0, 0.1) is 6.92 Å². The van der Waals surface area contributed by atoms with E-state index in [2.05, 4.69) is 0 Å². The van der Waals surface area contributed by atoms with Gasteiger partial charge in [0.25, 0.3) is 0 Å². The summed E-state index contributed by atoms with van der Waals surface area (Å²) in [6, 6.07) is 28.7. The lowest BCUT2D eigenvalue weighted by molar-refractivity contribution is -0.111. The van der Waals surface area contributed by atoms with Crippen LogP contribution in [0.3, 0.4) is 0 Å². The van der Waals surface area contributed by atoms with E-state index < -0.39 is 6.17 Å². The number of ketones is 1. The minimum atomic E-state index is -0.565. The molecule has 1 atom stereocenters. The molecular weight excluding hydrogens is 545 g/mol. The molecule has 0 saturated carbocycles. The summed E-state index contributed by atoms with van der Waals surface area (Å²) in [7, 11) is 0. The molecule has 204 valence electrons. The van der Waals surface area contributed by atoms with E-state index >= 15 is 0 Å². The largest absolute Gasteiger partial charge is 0.490 e. The predicted octanol–water partition coefficient (Wildman–Crippen LogP) is 8.21. The van der Waals surface area contributed by atoms with Crippen LogP contribution in [0.1, 0.15) is 36.7 Å². The Bertz CT molecular complexity index is 1540. The quantitative estimate of drug-likeness (QED) is 0.202. The lowest BCUT2D eigenvalue weighted by Crippen LogP contribution is -2.38. The number of amidine groups is 1. The number of hydrogen-bond acceptors (Lipinski definition) is 6. The first kappa shape index (κ1) is 27.6. The zero-order valence-corrected chi connectivity index (χ0v) is 24.0. The smallest absolute Gasteiger partial charge is 0.198 e. The molecule has 0 aromatic heterocycles. The third-order valence-corrected chi connectivity index (χ3v) is 7.16. The standard InChI is InChI=1S/C32H29Cl2N3O3/c1-4-39-29-11-7-9-27(30(29)40-20-23-8-5-6-10-28(23)34)32-36(25-18-14-24(33)15-19-25)31(22(3)38)35-37(32)26-16-12-21(2)13-17-26/h5-19,32H,4,20H2,1-3H3. The second-order valence-corrected chi connectivity index (χ2v) is 10.2. The van der Waals surface area contributed by atoms with Crippen molar-refractivity contribution in [3.05, 3.63) is 118 Å². The number of hydrogen-bond donors (Lipinski definition) is 0. The van der Waals surface area contributed by atoms with Crippen molar-refractivity contribution in [1.29, 1.82) is 0 Å². The lowest BCUT2D eigenvalue weighted by atomic mass is 10.1. The second kappa shape index (κ2) is 12.0. The molecule has 4 aromatic carbocycles. The summed E-state index contributed by atoms with van der Waals surface area (Å²) in [6.45, 7) is 6.16. The maximum absolute atomic E-state index is 13.0. The molecule has 0 amide bonds. The molecule has 8 heteroatoms. The molecule has 1 aliphatic heterocycles. The lowest BCUT2D eigenvalue weighted by Gasteiger charge is -2.33. The van der Waals surface area contributed by atoms with E-state index in [0.29, 0.717) is 34.0 Å². The van der Waals surface area contributed by atoms with Gasteiger partial charge >= 0.3 is 0 Å². The number of hydrazone groups is 1. The number of halogens is 2. The van der Waals surface area contributed by atoms with Gasteiger partial charge in [0.15, 0.2) is 29.3 Å². The fraction of sp³-hybridized carbons (Fsp3) is 0.188. The van der Waals surface area contributed by atoms with Crippen LogP contribution < -0.4 is 19.4 Å². The highest BCUT2D eigenvalue weighted by molar-refractivity contribution is 6.44. The van der Waals surface area contributed by atoms with Crippen molar-refractivity contribution in [2.75, 3.05) is 16.5 Å². The second-order valence-electron chi connectivity index (χ2n) is 9.37. The molecule has 0 bridgehead atoms. The Morgan fingerprint density at radius 2 is 1.57 bits per heavy atom. The first-order valence-electron chi connectivity index (χ1n) is 13.0. The summed E-state index contributed by atoms with van der Waals surface area (Å²) in [5.74, 6) is 1.26. The van der Waals surface area contributed by atoms with Crippen molar-refractivity contribution in [2.24, 2.45) is 5.10 Å². The van der Waals surface area contributed by atoms with Crippen LogP contribution in [0.25, 0.3) is 0 Å². The van der Waals surface area contributed by atoms with Crippen molar-refractivity contribution >= 4 is 46.2 Å². The van der Waals surface area contributed by atoms with Gasteiger partial charge in [0.05, 0.1) is 12.3 Å². The Kier molecular flexibility index (Phi) is 8.29. The summed E-state index contributed by atoms with van der Waals surface area (Å²) >= 11 is 12.7. The van der Waals surface area contributed by atoms with Gasteiger partial charge in [-0.25, -0.2) is 5.01 Å². The molecule has 1 unspecified atom stereocenters. The van der Waals surface area contributed by atoms with Gasteiger partial charge in [0.1, 0.15) is 6.61 Å². The van der Waals surface area contributed by atoms with Crippen LogP contribution in [-0.4, -0.2) is 18.2 Å². The van der Waals surface area contributed by atoms with E-state index in [9.17, 15) is 4.79 Å². The molecule has 0 radical (unpaired) electrons. The summed E-state index contributed by atoms with van der Waals surface area (Å²) < 4.78 is 12.5. The Labute approximate surface area is 244 Å². The van der Waals surface area contributed by atoms with Gasteiger partial charge < -0.3 is 9.47 Å². The van der Waals surface area contributed by atoms with Gasteiger partial charge in [-0.1, -0.05) is 71.2 Å². The van der Waals surface area contributed by atoms with Gasteiger partial charge in [0.2, 0.25) is 0 Å². The van der Waals surface area contributed by atoms with E-state index in [1.807, 2.05) is 103 Å². The van der Waals surface area contributed by atoms with Crippen molar-refractivity contribution in [3.63, 3.8) is 0 Å². The van der Waals surface area contributed by atoms with E-state index in [4.69, 9.17) is 37.8 Å². The van der Waals surface area contributed by atoms with Gasteiger partial charge in [-0.05, 0) is 62.4 Å². The molecule has 0 aliphatic carbocycles. The van der Waals surface area contributed by atoms with Crippen LogP contribution in [0.15, 0.2) is 96.1 Å². The molecule has 0 fully saturated rings. The molecule has 40 heavy (non-hydrogen) atoms. The fourth-order valence-corrected chi connectivity index (χ4v) is 4.94. The van der Waals surface area contributed by atoms with E-state index in [1.54, 1.807) is 12.1 Å². The first-order chi connectivity index (χ1) is 19.4. The molecule has 5 rings (SSSR count). The van der Waals surface area contributed by atoms with Crippen molar-refractivity contribution in [3.8, 4) is 11.5 Å². The summed E-state index contributed by atoms with van der Waals surface area (Å²) in [6.07, 6.45) is -0.565. The zero-order valence-electron chi connectivity index (χ0n) is 22.5. The van der Waals surface area contributed by atoms with Crippen LogP contribution >= 0.6 is 23.2 Å². The monoisotopic (exact) mass is 573 g/mol.